The fourth-order valence-corrected chi connectivity index (χ4v) is 1.44. The number of carbonyl (C=O) groups excluding carboxylic acids is 1. The molecule has 0 bridgehead atoms. The van der Waals surface area contributed by atoms with Crippen LogP contribution >= 0.6 is 0 Å². The molecule has 0 aliphatic heterocycles. The molecule has 0 aliphatic rings. The molecule has 0 spiro atoms. The quantitative estimate of drug-likeness (QED) is 0.725. The lowest BCUT2D eigenvalue weighted by atomic mass is 10.0. The Labute approximate surface area is 108 Å². The molecule has 0 aromatic heterocycles. The zero-order valence-corrected chi connectivity index (χ0v) is 10.7. The van der Waals surface area contributed by atoms with Crippen LogP contribution in [0.2, 0.25) is 0 Å². The number of hydrogen-bond acceptors (Lipinski definition) is 3. The molecule has 1 amide bonds. The van der Waals surface area contributed by atoms with Gasteiger partial charge in [0.15, 0.2) is 5.54 Å². The topological polar surface area (TPSA) is 75.3 Å². The molecular formula is C12H15F3N2O2. The number of phenolic OH excluding ortho intramolecular Hbond substituents is 1. The van der Waals surface area contributed by atoms with E-state index < -0.39 is 17.6 Å². The molecule has 1 atom stereocenters. The molecule has 0 fully saturated rings. The number of aryl methyl sites for hydroxylation is 2. The summed E-state index contributed by atoms with van der Waals surface area (Å²) in [7, 11) is 0. The first kappa shape index (κ1) is 15.3. The number of alkyl halides is 3. The molecule has 1 unspecified atom stereocenters. The van der Waals surface area contributed by atoms with Gasteiger partial charge in [-0.3, -0.25) is 4.79 Å². The highest BCUT2D eigenvalue weighted by Gasteiger charge is 2.54. The van der Waals surface area contributed by atoms with E-state index in [2.05, 4.69) is 0 Å². The minimum absolute atomic E-state index is 0.0941. The van der Waals surface area contributed by atoms with Crippen molar-refractivity contribution in [2.45, 2.75) is 32.5 Å². The largest absolute Gasteiger partial charge is 0.505 e. The normalized spacial score (nSPS) is 14.9. The Balaban J connectivity index is 3.08. The van der Waals surface area contributed by atoms with Crippen LogP contribution in [0.5, 0.6) is 5.75 Å². The van der Waals surface area contributed by atoms with Gasteiger partial charge in [-0.1, -0.05) is 6.07 Å². The highest BCUT2D eigenvalue weighted by atomic mass is 19.4. The summed E-state index contributed by atoms with van der Waals surface area (Å²) in [5.41, 5.74) is 3.00. The summed E-state index contributed by atoms with van der Waals surface area (Å²) >= 11 is 0. The molecule has 19 heavy (non-hydrogen) atoms. The number of rotatable bonds is 2. The van der Waals surface area contributed by atoms with Crippen molar-refractivity contribution in [3.05, 3.63) is 23.3 Å². The number of carbonyl (C=O) groups is 1. The fraction of sp³-hybridized carbons (Fsp3) is 0.417. The second-order valence-corrected chi connectivity index (χ2v) is 4.63. The molecule has 4 N–H and O–H groups in total. The zero-order valence-electron chi connectivity index (χ0n) is 10.7. The van der Waals surface area contributed by atoms with Gasteiger partial charge in [0.2, 0.25) is 0 Å². The zero-order chi connectivity index (χ0) is 15.0. The Morgan fingerprint density at radius 3 is 2.32 bits per heavy atom. The number of amides is 1. The number of nitrogens with one attached hydrogen (secondary N) is 1. The molecule has 1 aromatic rings. The Morgan fingerprint density at radius 1 is 1.32 bits per heavy atom. The number of hydrogen-bond donors (Lipinski definition) is 3. The van der Waals surface area contributed by atoms with E-state index in [1.165, 1.54) is 6.07 Å². The van der Waals surface area contributed by atoms with Gasteiger partial charge in [0.05, 0.1) is 5.69 Å². The van der Waals surface area contributed by atoms with E-state index in [-0.39, 0.29) is 11.4 Å². The first-order valence-electron chi connectivity index (χ1n) is 5.44. The van der Waals surface area contributed by atoms with Crippen molar-refractivity contribution in [2.24, 2.45) is 5.73 Å². The van der Waals surface area contributed by atoms with Crippen LogP contribution in [0.3, 0.4) is 0 Å². The van der Waals surface area contributed by atoms with Gasteiger partial charge in [0.1, 0.15) is 5.75 Å². The average Bonchev–Trinajstić information content (AvgIpc) is 2.23. The first-order valence-corrected chi connectivity index (χ1v) is 5.44. The van der Waals surface area contributed by atoms with E-state index in [9.17, 15) is 23.1 Å². The molecule has 1 rings (SSSR count). The Hall–Kier alpha value is -1.76. The van der Waals surface area contributed by atoms with Crippen LogP contribution in [-0.4, -0.2) is 22.7 Å². The van der Waals surface area contributed by atoms with Gasteiger partial charge < -0.3 is 16.2 Å². The van der Waals surface area contributed by atoms with Crippen molar-refractivity contribution in [2.75, 3.05) is 5.32 Å². The summed E-state index contributed by atoms with van der Waals surface area (Å²) in [6, 6.07) is 3.00. The van der Waals surface area contributed by atoms with Crippen LogP contribution < -0.4 is 11.1 Å². The third-order valence-electron chi connectivity index (χ3n) is 2.75. The lowest BCUT2D eigenvalue weighted by Gasteiger charge is -2.26. The highest BCUT2D eigenvalue weighted by Crippen LogP contribution is 2.32. The van der Waals surface area contributed by atoms with Crippen LogP contribution in [0.25, 0.3) is 0 Å². The molecule has 0 radical (unpaired) electrons. The predicted octanol–water partition coefficient (Wildman–Crippen LogP) is 2.23. The van der Waals surface area contributed by atoms with Crippen LogP contribution in [0.15, 0.2) is 12.1 Å². The summed E-state index contributed by atoms with van der Waals surface area (Å²) in [5.74, 6) is -1.71. The smallest absolute Gasteiger partial charge is 0.415 e. The molecule has 0 aliphatic carbocycles. The average molecular weight is 276 g/mol. The summed E-state index contributed by atoms with van der Waals surface area (Å²) < 4.78 is 37.8. The molecule has 106 valence electrons. The molecule has 7 heteroatoms. The van der Waals surface area contributed by atoms with Crippen molar-refractivity contribution in [1.82, 2.24) is 0 Å². The number of halogens is 3. The standard InChI is InChI=1S/C12H15F3N2O2/c1-6-4-7(2)9(18)8(5-6)17-10(19)11(3,16)12(13,14)15/h4-5,18H,16H2,1-3H3,(H,17,19). The highest BCUT2D eigenvalue weighted by molar-refractivity contribution is 5.99. The van der Waals surface area contributed by atoms with E-state index in [1.807, 2.05) is 5.32 Å². The summed E-state index contributed by atoms with van der Waals surface area (Å²) in [4.78, 5) is 11.6. The van der Waals surface area contributed by atoms with E-state index >= 15 is 0 Å². The summed E-state index contributed by atoms with van der Waals surface area (Å²) in [6.07, 6.45) is -4.88. The third-order valence-corrected chi connectivity index (χ3v) is 2.75. The first-order chi connectivity index (χ1) is 8.46. The van der Waals surface area contributed by atoms with E-state index in [4.69, 9.17) is 5.73 Å². The van der Waals surface area contributed by atoms with Gasteiger partial charge in [-0.2, -0.15) is 13.2 Å². The molecule has 1 aromatic carbocycles. The lowest BCUT2D eigenvalue weighted by molar-refractivity contribution is -0.184. The van der Waals surface area contributed by atoms with E-state index in [1.54, 1.807) is 19.9 Å². The number of benzene rings is 1. The number of aromatic hydroxyl groups is 1. The fourth-order valence-electron chi connectivity index (χ4n) is 1.44. The van der Waals surface area contributed by atoms with Gasteiger partial charge in [-0.05, 0) is 38.0 Å². The van der Waals surface area contributed by atoms with Gasteiger partial charge in [-0.15, -0.1) is 0 Å². The van der Waals surface area contributed by atoms with Crippen molar-refractivity contribution >= 4 is 11.6 Å². The van der Waals surface area contributed by atoms with Crippen LogP contribution in [0, 0.1) is 13.8 Å². The number of nitrogens with two attached hydrogens (primary N) is 1. The van der Waals surface area contributed by atoms with Gasteiger partial charge in [-0.25, -0.2) is 0 Å². The second-order valence-electron chi connectivity index (χ2n) is 4.63. The van der Waals surface area contributed by atoms with Gasteiger partial charge in [0.25, 0.3) is 5.91 Å². The monoisotopic (exact) mass is 276 g/mol. The molecule has 0 saturated heterocycles. The minimum atomic E-state index is -4.88. The van der Waals surface area contributed by atoms with Gasteiger partial charge in [0, 0.05) is 0 Å². The maximum Gasteiger partial charge on any atom is 0.415 e. The minimum Gasteiger partial charge on any atom is -0.505 e. The molecule has 4 nitrogen and oxygen atoms in total. The summed E-state index contributed by atoms with van der Waals surface area (Å²) in [6.45, 7) is 3.83. The number of phenols is 1. The van der Waals surface area contributed by atoms with Gasteiger partial charge >= 0.3 is 6.18 Å². The molecule has 0 saturated carbocycles. The van der Waals surface area contributed by atoms with Crippen LogP contribution in [-0.2, 0) is 4.79 Å². The van der Waals surface area contributed by atoms with Crippen molar-refractivity contribution < 1.29 is 23.1 Å². The number of anilines is 1. The molecule has 0 heterocycles. The second kappa shape index (κ2) is 4.73. The Bertz CT molecular complexity index is 510. The lowest BCUT2D eigenvalue weighted by Crippen LogP contribution is -2.59. The Kier molecular flexibility index (Phi) is 3.81. The molecular weight excluding hydrogens is 261 g/mol. The third kappa shape index (κ3) is 2.98. The van der Waals surface area contributed by atoms with Crippen molar-refractivity contribution in [3.8, 4) is 5.75 Å². The maximum atomic E-state index is 12.6. The Morgan fingerprint density at radius 2 is 1.84 bits per heavy atom. The van der Waals surface area contributed by atoms with Crippen LogP contribution in [0.4, 0.5) is 18.9 Å². The van der Waals surface area contributed by atoms with Crippen molar-refractivity contribution in [3.63, 3.8) is 0 Å². The SMILES string of the molecule is Cc1cc(C)c(O)c(NC(=O)C(C)(N)C(F)(F)F)c1. The maximum absolute atomic E-state index is 12.6. The van der Waals surface area contributed by atoms with Crippen molar-refractivity contribution in [1.29, 1.82) is 0 Å². The van der Waals surface area contributed by atoms with E-state index in [0.29, 0.717) is 18.1 Å². The van der Waals surface area contributed by atoms with Crippen LogP contribution in [0.1, 0.15) is 18.1 Å². The predicted molar refractivity (Wildman–Crippen MR) is 64.9 cm³/mol. The summed E-state index contributed by atoms with van der Waals surface area (Å²) in [5, 5.41) is 11.7. The van der Waals surface area contributed by atoms with E-state index in [0.717, 1.165) is 0 Å².